The number of nitrogens with one attached hydrogen (secondary N) is 2. The van der Waals surface area contributed by atoms with Crippen LogP contribution in [0.5, 0.6) is 0 Å². The molecule has 0 aliphatic heterocycles. The van der Waals surface area contributed by atoms with E-state index in [1.54, 1.807) is 6.26 Å². The Morgan fingerprint density at radius 2 is 2.33 bits per heavy atom. The van der Waals surface area contributed by atoms with E-state index in [0.29, 0.717) is 24.5 Å². The lowest BCUT2D eigenvalue weighted by Gasteiger charge is -2.07. The molecule has 18 heavy (non-hydrogen) atoms. The van der Waals surface area contributed by atoms with Crippen molar-refractivity contribution in [1.82, 2.24) is 15.5 Å². The van der Waals surface area contributed by atoms with E-state index < -0.39 is 0 Å². The Kier molecular flexibility index (Phi) is 3.02. The lowest BCUT2D eigenvalue weighted by Crippen LogP contribution is -2.15. The summed E-state index contributed by atoms with van der Waals surface area (Å²) in [4.78, 5) is 0. The van der Waals surface area contributed by atoms with Crippen LogP contribution in [0.25, 0.3) is 0 Å². The van der Waals surface area contributed by atoms with Crippen LogP contribution in [0.1, 0.15) is 37.5 Å². The Morgan fingerprint density at radius 1 is 1.44 bits per heavy atom. The van der Waals surface area contributed by atoms with Crippen molar-refractivity contribution in [3.05, 3.63) is 30.0 Å². The summed E-state index contributed by atoms with van der Waals surface area (Å²) in [5.74, 6) is 1.45. The molecule has 0 spiro atoms. The van der Waals surface area contributed by atoms with Gasteiger partial charge < -0.3 is 19.5 Å². The third kappa shape index (κ3) is 2.70. The number of hydrogen-bond donors (Lipinski definition) is 2. The van der Waals surface area contributed by atoms with Gasteiger partial charge in [0, 0.05) is 6.04 Å². The van der Waals surface area contributed by atoms with Crippen LogP contribution < -0.4 is 10.6 Å². The number of hydrogen-bond acceptors (Lipinski definition) is 6. The molecular formula is C12H16N4O2. The molecule has 1 unspecified atom stereocenters. The standard InChI is InChI=1S/C12H16N4O2/c1-8(10-3-2-6-17-10)14-12-16-15-11(18-12)7-13-9-4-5-9/h2-3,6,8-9,13H,4-5,7H2,1H3,(H,14,16). The molecule has 1 fully saturated rings. The molecule has 1 atom stereocenters. The quantitative estimate of drug-likeness (QED) is 0.815. The summed E-state index contributed by atoms with van der Waals surface area (Å²) < 4.78 is 10.8. The Morgan fingerprint density at radius 3 is 3.06 bits per heavy atom. The van der Waals surface area contributed by atoms with E-state index in [9.17, 15) is 0 Å². The van der Waals surface area contributed by atoms with E-state index in [4.69, 9.17) is 8.83 Å². The molecule has 2 N–H and O–H groups in total. The lowest BCUT2D eigenvalue weighted by molar-refractivity contribution is 0.458. The van der Waals surface area contributed by atoms with Gasteiger partial charge in [-0.2, -0.15) is 0 Å². The minimum atomic E-state index is 0.00434. The maximum Gasteiger partial charge on any atom is 0.316 e. The first kappa shape index (κ1) is 11.3. The fourth-order valence-corrected chi connectivity index (χ4v) is 1.70. The van der Waals surface area contributed by atoms with Gasteiger partial charge in [0.1, 0.15) is 5.76 Å². The smallest absolute Gasteiger partial charge is 0.316 e. The van der Waals surface area contributed by atoms with Crippen molar-refractivity contribution in [3.8, 4) is 0 Å². The highest BCUT2D eigenvalue weighted by atomic mass is 16.4. The minimum Gasteiger partial charge on any atom is -0.467 e. The second-order valence-electron chi connectivity index (χ2n) is 4.54. The second-order valence-corrected chi connectivity index (χ2v) is 4.54. The van der Waals surface area contributed by atoms with Gasteiger partial charge in [0.05, 0.1) is 18.8 Å². The normalized spacial score (nSPS) is 16.7. The molecule has 0 aromatic carbocycles. The molecule has 2 aromatic heterocycles. The molecule has 1 saturated carbocycles. The SMILES string of the molecule is CC(Nc1nnc(CNC2CC2)o1)c1ccco1. The van der Waals surface area contributed by atoms with Crippen molar-refractivity contribution in [2.45, 2.75) is 38.4 Å². The third-order valence-electron chi connectivity index (χ3n) is 2.90. The van der Waals surface area contributed by atoms with Gasteiger partial charge in [0.15, 0.2) is 0 Å². The molecule has 0 saturated heterocycles. The Balaban J connectivity index is 1.55. The Hall–Kier alpha value is -1.82. The summed E-state index contributed by atoms with van der Waals surface area (Å²) in [6, 6.07) is 4.82. The number of anilines is 1. The topological polar surface area (TPSA) is 76.1 Å². The Labute approximate surface area is 105 Å². The van der Waals surface area contributed by atoms with Gasteiger partial charge in [-0.15, -0.1) is 5.10 Å². The summed E-state index contributed by atoms with van der Waals surface area (Å²) in [6.07, 6.45) is 4.13. The maximum atomic E-state index is 5.49. The van der Waals surface area contributed by atoms with Crippen molar-refractivity contribution in [1.29, 1.82) is 0 Å². The van der Waals surface area contributed by atoms with Crippen molar-refractivity contribution in [3.63, 3.8) is 0 Å². The maximum absolute atomic E-state index is 5.49. The van der Waals surface area contributed by atoms with E-state index in [1.807, 2.05) is 19.1 Å². The highest BCUT2D eigenvalue weighted by molar-refractivity contribution is 5.23. The zero-order valence-corrected chi connectivity index (χ0v) is 10.2. The monoisotopic (exact) mass is 248 g/mol. The van der Waals surface area contributed by atoms with E-state index in [2.05, 4.69) is 20.8 Å². The average molecular weight is 248 g/mol. The van der Waals surface area contributed by atoms with Crippen molar-refractivity contribution in [2.75, 3.05) is 5.32 Å². The Bertz CT molecular complexity index is 490. The van der Waals surface area contributed by atoms with Gasteiger partial charge in [-0.25, -0.2) is 0 Å². The van der Waals surface area contributed by atoms with Crippen LogP contribution in [0.15, 0.2) is 27.2 Å². The predicted molar refractivity (Wildman–Crippen MR) is 64.9 cm³/mol. The molecule has 1 aliphatic rings. The third-order valence-corrected chi connectivity index (χ3v) is 2.90. The molecular weight excluding hydrogens is 232 g/mol. The molecule has 0 radical (unpaired) electrons. The van der Waals surface area contributed by atoms with Crippen LogP contribution in [-0.4, -0.2) is 16.2 Å². The van der Waals surface area contributed by atoms with Crippen molar-refractivity contribution < 1.29 is 8.83 Å². The summed E-state index contributed by atoms with van der Waals surface area (Å²) in [6.45, 7) is 2.61. The van der Waals surface area contributed by atoms with E-state index in [1.165, 1.54) is 12.8 Å². The van der Waals surface area contributed by atoms with Crippen LogP contribution in [0.2, 0.25) is 0 Å². The van der Waals surface area contributed by atoms with Crippen LogP contribution in [0.4, 0.5) is 6.01 Å². The van der Waals surface area contributed by atoms with Crippen LogP contribution in [0.3, 0.4) is 0 Å². The molecule has 2 aromatic rings. The predicted octanol–water partition coefficient (Wildman–Crippen LogP) is 2.09. The second kappa shape index (κ2) is 4.81. The van der Waals surface area contributed by atoms with Crippen molar-refractivity contribution >= 4 is 6.01 Å². The first-order valence-electron chi connectivity index (χ1n) is 6.17. The van der Waals surface area contributed by atoms with E-state index >= 15 is 0 Å². The van der Waals surface area contributed by atoms with Crippen LogP contribution in [0, 0.1) is 0 Å². The molecule has 2 heterocycles. The van der Waals surface area contributed by atoms with Crippen LogP contribution in [-0.2, 0) is 6.54 Å². The fraction of sp³-hybridized carbons (Fsp3) is 0.500. The zero-order chi connectivity index (χ0) is 12.4. The number of aromatic nitrogens is 2. The number of furan rings is 1. The van der Waals surface area contributed by atoms with Gasteiger partial charge in [0.25, 0.3) is 0 Å². The first-order valence-corrected chi connectivity index (χ1v) is 6.17. The summed E-state index contributed by atoms with van der Waals surface area (Å²) in [5.41, 5.74) is 0. The van der Waals surface area contributed by atoms with Crippen molar-refractivity contribution in [2.24, 2.45) is 0 Å². The van der Waals surface area contributed by atoms with Gasteiger partial charge in [-0.1, -0.05) is 5.10 Å². The number of nitrogens with zero attached hydrogens (tertiary/aromatic N) is 2. The highest BCUT2D eigenvalue weighted by Gasteiger charge is 2.21. The van der Waals surface area contributed by atoms with Crippen LogP contribution >= 0.6 is 0 Å². The molecule has 0 amide bonds. The average Bonchev–Trinajstić information content (AvgIpc) is 2.88. The molecule has 1 aliphatic carbocycles. The highest BCUT2D eigenvalue weighted by Crippen LogP contribution is 2.20. The largest absolute Gasteiger partial charge is 0.467 e. The van der Waals surface area contributed by atoms with Gasteiger partial charge >= 0.3 is 6.01 Å². The first-order chi connectivity index (χ1) is 8.81. The summed E-state index contributed by atoms with van der Waals surface area (Å²) in [7, 11) is 0. The van der Waals surface area contributed by atoms with E-state index in [-0.39, 0.29) is 6.04 Å². The summed E-state index contributed by atoms with van der Waals surface area (Å²) >= 11 is 0. The molecule has 96 valence electrons. The fourth-order valence-electron chi connectivity index (χ4n) is 1.70. The van der Waals surface area contributed by atoms with Gasteiger partial charge in [0.2, 0.25) is 5.89 Å². The van der Waals surface area contributed by atoms with Gasteiger partial charge in [-0.05, 0) is 31.9 Å². The van der Waals surface area contributed by atoms with E-state index in [0.717, 1.165) is 5.76 Å². The molecule has 6 heteroatoms. The zero-order valence-electron chi connectivity index (χ0n) is 10.2. The molecule has 6 nitrogen and oxygen atoms in total. The summed E-state index contributed by atoms with van der Waals surface area (Å²) in [5, 5.41) is 14.4. The lowest BCUT2D eigenvalue weighted by atomic mass is 10.3. The molecule has 0 bridgehead atoms. The van der Waals surface area contributed by atoms with Gasteiger partial charge in [-0.3, -0.25) is 0 Å². The number of rotatable bonds is 6. The minimum absolute atomic E-state index is 0.00434. The molecule has 3 rings (SSSR count).